The van der Waals surface area contributed by atoms with Crippen molar-refractivity contribution in [2.45, 2.75) is 31.5 Å². The third kappa shape index (κ3) is 6.67. The van der Waals surface area contributed by atoms with Crippen molar-refractivity contribution in [1.29, 1.82) is 0 Å². The van der Waals surface area contributed by atoms with Crippen LogP contribution in [0, 0.1) is 5.82 Å². The molecular weight excluding hydrogens is 632 g/mol. The van der Waals surface area contributed by atoms with Gasteiger partial charge >= 0.3 is 6.36 Å². The number of furan rings is 1. The molecule has 0 bridgehead atoms. The second-order valence-corrected chi connectivity index (χ2v) is 12.3. The number of rotatable bonds is 9. The van der Waals surface area contributed by atoms with E-state index in [0.717, 1.165) is 18.9 Å². The molecule has 13 heteroatoms. The minimum absolute atomic E-state index is 0.0753. The second kappa shape index (κ2) is 11.0. The lowest BCUT2D eigenvalue weighted by Gasteiger charge is -2.14. The maximum Gasteiger partial charge on any atom is 0.573 e. The number of carbonyl (C=O) groups excluding carboxylic acids is 1. The lowest BCUT2D eigenvalue weighted by molar-refractivity contribution is -0.274. The monoisotopic (exact) mass is 654 g/mol. The van der Waals surface area contributed by atoms with Crippen LogP contribution in [-0.4, -0.2) is 33.5 Å². The summed E-state index contributed by atoms with van der Waals surface area (Å²) in [4.78, 5) is 12.9. The van der Waals surface area contributed by atoms with Crippen LogP contribution in [-0.2, 0) is 16.4 Å². The van der Waals surface area contributed by atoms with E-state index in [1.165, 1.54) is 49.5 Å². The molecule has 5 rings (SSSR count). The molecule has 0 aliphatic heterocycles. The molecule has 0 atom stereocenters. The molecule has 41 heavy (non-hydrogen) atoms. The number of anilines is 1. The van der Waals surface area contributed by atoms with Gasteiger partial charge in [-0.1, -0.05) is 6.07 Å². The fourth-order valence-electron chi connectivity index (χ4n) is 4.51. The molecule has 1 aliphatic carbocycles. The van der Waals surface area contributed by atoms with E-state index < -0.39 is 39.6 Å². The Morgan fingerprint density at radius 2 is 1.80 bits per heavy atom. The average molecular weight is 655 g/mol. The molecule has 3 aromatic carbocycles. The molecule has 1 aromatic heterocycles. The van der Waals surface area contributed by atoms with E-state index in [4.69, 9.17) is 4.42 Å². The van der Waals surface area contributed by atoms with Crippen molar-refractivity contribution in [1.82, 2.24) is 5.32 Å². The molecule has 7 nitrogen and oxygen atoms in total. The molecule has 1 saturated carbocycles. The zero-order valence-corrected chi connectivity index (χ0v) is 23.8. The SMILES string of the molecule is CNC(=O)c1c(-c2ccc(F)cc2)oc2cc(NS(=O)(=O)CCc3ccc(Br)c(OC(F)(F)F)c3)c(C3CC3)cc12. The molecular formula is C28H23BrF4N2O5S. The Hall–Kier alpha value is -3.58. The van der Waals surface area contributed by atoms with Gasteiger partial charge in [0.15, 0.2) is 0 Å². The van der Waals surface area contributed by atoms with Crippen LogP contribution < -0.4 is 14.8 Å². The van der Waals surface area contributed by atoms with Crippen LogP contribution in [0.4, 0.5) is 23.2 Å². The van der Waals surface area contributed by atoms with Gasteiger partial charge in [0.2, 0.25) is 10.0 Å². The lowest BCUT2D eigenvalue weighted by Crippen LogP contribution is -2.20. The normalized spacial score (nSPS) is 13.8. The Labute approximate surface area is 241 Å². The van der Waals surface area contributed by atoms with E-state index >= 15 is 0 Å². The number of nitrogens with one attached hydrogen (secondary N) is 2. The fourth-order valence-corrected chi connectivity index (χ4v) is 5.96. The molecule has 0 saturated heterocycles. The minimum atomic E-state index is -4.90. The minimum Gasteiger partial charge on any atom is -0.455 e. The third-order valence-electron chi connectivity index (χ3n) is 6.58. The zero-order valence-electron chi connectivity index (χ0n) is 21.4. The molecule has 0 unspecified atom stereocenters. The highest BCUT2D eigenvalue weighted by molar-refractivity contribution is 9.10. The van der Waals surface area contributed by atoms with Crippen LogP contribution in [0.15, 0.2) is 63.5 Å². The maximum absolute atomic E-state index is 13.5. The number of alkyl halides is 3. The van der Waals surface area contributed by atoms with Crippen LogP contribution in [0.1, 0.15) is 40.2 Å². The zero-order chi connectivity index (χ0) is 29.5. The van der Waals surface area contributed by atoms with Crippen molar-refractivity contribution in [2.24, 2.45) is 0 Å². The molecule has 1 fully saturated rings. The summed E-state index contributed by atoms with van der Waals surface area (Å²) in [6, 6.07) is 12.7. The summed E-state index contributed by atoms with van der Waals surface area (Å²) in [5.41, 5.74) is 2.30. The molecule has 1 amide bonds. The molecule has 0 radical (unpaired) electrons. The van der Waals surface area contributed by atoms with Crippen molar-refractivity contribution in [3.05, 3.63) is 81.6 Å². The van der Waals surface area contributed by atoms with Gasteiger partial charge in [0.1, 0.15) is 22.9 Å². The average Bonchev–Trinajstić information content (AvgIpc) is 3.68. The van der Waals surface area contributed by atoms with Crippen molar-refractivity contribution >= 4 is 48.5 Å². The first-order valence-electron chi connectivity index (χ1n) is 12.5. The Kier molecular flexibility index (Phi) is 7.77. The van der Waals surface area contributed by atoms with Crippen LogP contribution in [0.3, 0.4) is 0 Å². The highest BCUT2D eigenvalue weighted by atomic mass is 79.9. The van der Waals surface area contributed by atoms with Crippen molar-refractivity contribution in [3.8, 4) is 17.1 Å². The lowest BCUT2D eigenvalue weighted by atomic mass is 10.0. The van der Waals surface area contributed by atoms with Crippen LogP contribution >= 0.6 is 15.9 Å². The predicted octanol–water partition coefficient (Wildman–Crippen LogP) is 7.12. The Morgan fingerprint density at radius 3 is 2.44 bits per heavy atom. The van der Waals surface area contributed by atoms with Gasteiger partial charge in [-0.2, -0.15) is 0 Å². The number of halogens is 5. The number of amides is 1. The van der Waals surface area contributed by atoms with E-state index in [1.807, 2.05) is 0 Å². The van der Waals surface area contributed by atoms with Gasteiger partial charge in [-0.15, -0.1) is 13.2 Å². The van der Waals surface area contributed by atoms with Crippen molar-refractivity contribution in [2.75, 3.05) is 17.5 Å². The Balaban J connectivity index is 1.46. The van der Waals surface area contributed by atoms with Gasteiger partial charge in [-0.3, -0.25) is 9.52 Å². The highest BCUT2D eigenvalue weighted by Gasteiger charge is 2.33. The van der Waals surface area contributed by atoms with Gasteiger partial charge in [0.25, 0.3) is 5.91 Å². The number of benzene rings is 3. The number of aryl methyl sites for hydroxylation is 1. The highest BCUT2D eigenvalue weighted by Crippen LogP contribution is 2.47. The number of fused-ring (bicyclic) bond motifs is 1. The van der Waals surface area contributed by atoms with E-state index in [2.05, 4.69) is 30.7 Å². The van der Waals surface area contributed by atoms with Gasteiger partial charge in [0.05, 0.1) is 21.5 Å². The van der Waals surface area contributed by atoms with Gasteiger partial charge in [-0.25, -0.2) is 12.8 Å². The van der Waals surface area contributed by atoms with Gasteiger partial charge in [0, 0.05) is 24.1 Å². The van der Waals surface area contributed by atoms with Crippen LogP contribution in [0.2, 0.25) is 0 Å². The first kappa shape index (κ1) is 28.9. The maximum atomic E-state index is 13.5. The standard InChI is InChI=1S/C28H23BrF4N2O5S/c1-34-27(36)25-20-13-19(16-3-4-16)22(14-23(20)39-26(25)17-5-7-18(30)8-6-17)35-41(37,38)11-10-15-2-9-21(29)24(12-15)40-28(31,32)33/h2,5-9,12-14,16,35H,3-4,10-11H2,1H3,(H,34,36). The number of carbonyl (C=O) groups is 1. The predicted molar refractivity (Wildman–Crippen MR) is 149 cm³/mol. The van der Waals surface area contributed by atoms with Crippen molar-refractivity contribution < 1.29 is 39.9 Å². The van der Waals surface area contributed by atoms with E-state index in [1.54, 1.807) is 6.07 Å². The van der Waals surface area contributed by atoms with E-state index in [-0.39, 0.29) is 33.7 Å². The number of hydrogen-bond acceptors (Lipinski definition) is 5. The van der Waals surface area contributed by atoms with E-state index in [9.17, 15) is 30.8 Å². The summed E-state index contributed by atoms with van der Waals surface area (Å²) in [5.74, 6) is -1.46. The molecule has 216 valence electrons. The quantitative estimate of drug-likeness (QED) is 0.187. The molecule has 0 spiro atoms. The van der Waals surface area contributed by atoms with E-state index in [0.29, 0.717) is 27.8 Å². The first-order chi connectivity index (χ1) is 19.3. The van der Waals surface area contributed by atoms with Gasteiger partial charge < -0.3 is 14.5 Å². The summed E-state index contributed by atoms with van der Waals surface area (Å²) in [5, 5.41) is 3.08. The summed E-state index contributed by atoms with van der Waals surface area (Å²) >= 11 is 3.00. The summed E-state index contributed by atoms with van der Waals surface area (Å²) < 4.78 is 90.5. The summed E-state index contributed by atoms with van der Waals surface area (Å²) in [7, 11) is -2.48. The fraction of sp³-hybridized carbons (Fsp3) is 0.250. The smallest absolute Gasteiger partial charge is 0.455 e. The molecule has 2 N–H and O–H groups in total. The molecule has 4 aromatic rings. The van der Waals surface area contributed by atoms with Crippen molar-refractivity contribution in [3.63, 3.8) is 0 Å². The third-order valence-corrected chi connectivity index (χ3v) is 8.51. The number of sulfonamides is 1. The Morgan fingerprint density at radius 1 is 1.10 bits per heavy atom. The number of hydrogen-bond donors (Lipinski definition) is 2. The Bertz CT molecular complexity index is 1730. The summed E-state index contributed by atoms with van der Waals surface area (Å²) in [6.45, 7) is 0. The largest absolute Gasteiger partial charge is 0.573 e. The topological polar surface area (TPSA) is 97.6 Å². The first-order valence-corrected chi connectivity index (χ1v) is 14.9. The van der Waals surface area contributed by atoms with Crippen LogP contribution in [0.5, 0.6) is 5.75 Å². The van der Waals surface area contributed by atoms with Crippen LogP contribution in [0.25, 0.3) is 22.3 Å². The number of ether oxygens (including phenoxy) is 1. The molecule has 1 heterocycles. The molecule has 1 aliphatic rings. The summed E-state index contributed by atoms with van der Waals surface area (Å²) in [6.07, 6.45) is -3.31. The second-order valence-electron chi connectivity index (χ2n) is 9.59. The van der Waals surface area contributed by atoms with Gasteiger partial charge in [-0.05, 0) is 94.7 Å².